The van der Waals surface area contributed by atoms with E-state index in [1.54, 1.807) is 24.4 Å². The van der Waals surface area contributed by atoms with Gasteiger partial charge in [0.2, 0.25) is 0 Å². The summed E-state index contributed by atoms with van der Waals surface area (Å²) < 4.78 is 0. The summed E-state index contributed by atoms with van der Waals surface area (Å²) in [6, 6.07) is 12.7. The smallest absolute Gasteiger partial charge is 0.195 e. The summed E-state index contributed by atoms with van der Waals surface area (Å²) in [7, 11) is 0. The molecule has 7 nitrogen and oxygen atoms in total. The molecule has 122 valence electrons. The number of nitrogens with one attached hydrogen (secondary N) is 1. The third kappa shape index (κ3) is 2.47. The number of carbonyl (C=O) groups excluding carboxylic acids is 1. The topological polar surface area (TPSA) is 112 Å². The minimum Gasteiger partial charge on any atom is -0.508 e. The Hall–Kier alpha value is -3.74. The number of aromatic nitrogens is 4. The Bertz CT molecular complexity index is 1090. The fraction of sp³-hybridized carbons (Fsp3) is 0. The average molecular weight is 332 g/mol. The molecule has 0 fully saturated rings. The van der Waals surface area contributed by atoms with E-state index < -0.39 is 0 Å². The van der Waals surface area contributed by atoms with Crippen LogP contribution in [0.4, 0.5) is 0 Å². The summed E-state index contributed by atoms with van der Waals surface area (Å²) in [5.41, 5.74) is 2.00. The van der Waals surface area contributed by atoms with Crippen LogP contribution in [0.5, 0.6) is 11.5 Å². The van der Waals surface area contributed by atoms with Gasteiger partial charge in [0, 0.05) is 17.3 Å². The van der Waals surface area contributed by atoms with E-state index in [9.17, 15) is 15.0 Å². The zero-order chi connectivity index (χ0) is 17.4. The van der Waals surface area contributed by atoms with Crippen LogP contribution in [-0.2, 0) is 0 Å². The van der Waals surface area contributed by atoms with Crippen molar-refractivity contribution in [2.45, 2.75) is 0 Å². The van der Waals surface area contributed by atoms with E-state index in [0.717, 1.165) is 0 Å². The summed E-state index contributed by atoms with van der Waals surface area (Å²) in [5.74, 6) is -0.135. The van der Waals surface area contributed by atoms with E-state index in [-0.39, 0.29) is 17.3 Å². The van der Waals surface area contributed by atoms with Gasteiger partial charge in [0.05, 0.1) is 10.9 Å². The molecule has 2 aromatic carbocycles. The lowest BCUT2D eigenvalue weighted by molar-refractivity contribution is 0.104. The summed E-state index contributed by atoms with van der Waals surface area (Å²) in [4.78, 5) is 15.8. The molecule has 4 aromatic rings. The number of rotatable bonds is 3. The fourth-order valence-electron chi connectivity index (χ4n) is 2.70. The molecule has 0 aliphatic rings. The molecule has 0 aliphatic carbocycles. The first-order valence-electron chi connectivity index (χ1n) is 7.47. The molecule has 0 saturated heterocycles. The Balaban J connectivity index is 1.93. The Kier molecular flexibility index (Phi) is 3.39. The van der Waals surface area contributed by atoms with Gasteiger partial charge in [-0.05, 0) is 41.6 Å². The molecule has 0 atom stereocenters. The highest BCUT2D eigenvalue weighted by molar-refractivity contribution is 6.18. The van der Waals surface area contributed by atoms with Crippen molar-refractivity contribution in [3.63, 3.8) is 0 Å². The molecule has 0 radical (unpaired) electrons. The molecular formula is C18H12N4O3. The molecule has 0 aliphatic heterocycles. The largest absolute Gasteiger partial charge is 0.508 e. The summed E-state index contributed by atoms with van der Waals surface area (Å²) in [6.45, 7) is 0. The minimum atomic E-state index is -0.252. The van der Waals surface area contributed by atoms with Crippen LogP contribution in [0.1, 0.15) is 15.9 Å². The van der Waals surface area contributed by atoms with Crippen molar-refractivity contribution in [3.8, 4) is 22.8 Å². The SMILES string of the molecule is O=C(c1ccc(O)cc1)c1c[nH]c2nnnc(-c3ccccc3O)c12. The van der Waals surface area contributed by atoms with E-state index in [1.165, 1.54) is 30.3 Å². The van der Waals surface area contributed by atoms with Crippen LogP contribution in [0.3, 0.4) is 0 Å². The van der Waals surface area contributed by atoms with Crippen molar-refractivity contribution < 1.29 is 15.0 Å². The van der Waals surface area contributed by atoms with Crippen LogP contribution in [0.25, 0.3) is 22.3 Å². The van der Waals surface area contributed by atoms with Crippen molar-refractivity contribution in [3.05, 3.63) is 65.9 Å². The van der Waals surface area contributed by atoms with Crippen LogP contribution < -0.4 is 0 Å². The quantitative estimate of drug-likeness (QED) is 0.497. The van der Waals surface area contributed by atoms with Gasteiger partial charge in [0.1, 0.15) is 17.2 Å². The van der Waals surface area contributed by atoms with Gasteiger partial charge in [-0.3, -0.25) is 4.79 Å². The number of hydrogen-bond donors (Lipinski definition) is 3. The Morgan fingerprint density at radius 3 is 2.48 bits per heavy atom. The number of benzene rings is 2. The van der Waals surface area contributed by atoms with E-state index in [4.69, 9.17) is 0 Å². The summed E-state index contributed by atoms with van der Waals surface area (Å²) in [5, 5.41) is 31.6. The van der Waals surface area contributed by atoms with E-state index >= 15 is 0 Å². The normalized spacial score (nSPS) is 10.9. The van der Waals surface area contributed by atoms with Crippen molar-refractivity contribution in [2.24, 2.45) is 0 Å². The van der Waals surface area contributed by atoms with Gasteiger partial charge in [0.15, 0.2) is 11.4 Å². The van der Waals surface area contributed by atoms with Gasteiger partial charge >= 0.3 is 0 Å². The maximum absolute atomic E-state index is 12.9. The second-order valence-corrected chi connectivity index (χ2v) is 5.46. The molecular weight excluding hydrogens is 320 g/mol. The zero-order valence-corrected chi connectivity index (χ0v) is 12.8. The molecule has 0 unspecified atom stereocenters. The third-order valence-corrected chi connectivity index (χ3v) is 3.92. The Labute approximate surface area is 141 Å². The monoisotopic (exact) mass is 332 g/mol. The first-order valence-corrected chi connectivity index (χ1v) is 7.47. The number of ketones is 1. The van der Waals surface area contributed by atoms with Crippen molar-refractivity contribution in [1.82, 2.24) is 20.4 Å². The molecule has 4 rings (SSSR count). The predicted molar refractivity (Wildman–Crippen MR) is 90.3 cm³/mol. The lowest BCUT2D eigenvalue weighted by Crippen LogP contribution is -2.02. The van der Waals surface area contributed by atoms with Crippen molar-refractivity contribution in [1.29, 1.82) is 0 Å². The van der Waals surface area contributed by atoms with E-state index in [2.05, 4.69) is 20.4 Å². The Morgan fingerprint density at radius 1 is 0.960 bits per heavy atom. The average Bonchev–Trinajstić information content (AvgIpc) is 3.06. The summed E-state index contributed by atoms with van der Waals surface area (Å²) >= 11 is 0. The van der Waals surface area contributed by atoms with Gasteiger partial charge in [-0.2, -0.15) is 0 Å². The second-order valence-electron chi connectivity index (χ2n) is 5.46. The zero-order valence-electron chi connectivity index (χ0n) is 12.8. The number of phenolic OH excluding ortho intramolecular Hbond substituents is 2. The molecule has 0 spiro atoms. The number of nitrogens with zero attached hydrogens (tertiary/aromatic N) is 3. The van der Waals surface area contributed by atoms with Crippen LogP contribution in [-0.4, -0.2) is 36.4 Å². The first-order chi connectivity index (χ1) is 12.1. The standard InChI is InChI=1S/C18H12N4O3/c23-11-7-5-10(6-8-11)17(25)13-9-19-18-15(13)16(20-22-21-18)12-3-1-2-4-14(12)24/h1-9,23-24H,(H,19,20,21). The molecule has 0 amide bonds. The number of carbonyl (C=O) groups is 1. The highest BCUT2D eigenvalue weighted by Gasteiger charge is 2.21. The van der Waals surface area contributed by atoms with Gasteiger partial charge in [-0.1, -0.05) is 12.1 Å². The van der Waals surface area contributed by atoms with Crippen LogP contribution in [0.15, 0.2) is 54.7 Å². The van der Waals surface area contributed by atoms with Crippen LogP contribution >= 0.6 is 0 Å². The lowest BCUT2D eigenvalue weighted by atomic mass is 10.00. The molecule has 2 aromatic heterocycles. The highest BCUT2D eigenvalue weighted by Crippen LogP contribution is 2.33. The lowest BCUT2D eigenvalue weighted by Gasteiger charge is -2.06. The van der Waals surface area contributed by atoms with Crippen molar-refractivity contribution in [2.75, 3.05) is 0 Å². The minimum absolute atomic E-state index is 0.0357. The first kappa shape index (κ1) is 14.8. The van der Waals surface area contributed by atoms with Gasteiger partial charge in [-0.15, -0.1) is 10.2 Å². The maximum Gasteiger partial charge on any atom is 0.195 e. The number of H-pyrrole nitrogens is 1. The number of aromatic hydroxyl groups is 2. The molecule has 3 N–H and O–H groups in total. The summed E-state index contributed by atoms with van der Waals surface area (Å²) in [6.07, 6.45) is 1.54. The fourth-order valence-corrected chi connectivity index (χ4v) is 2.70. The third-order valence-electron chi connectivity index (χ3n) is 3.92. The van der Waals surface area contributed by atoms with Gasteiger partial charge in [0.25, 0.3) is 0 Å². The van der Waals surface area contributed by atoms with Gasteiger partial charge < -0.3 is 15.2 Å². The molecule has 0 bridgehead atoms. The molecule has 25 heavy (non-hydrogen) atoms. The molecule has 0 saturated carbocycles. The highest BCUT2D eigenvalue weighted by atomic mass is 16.3. The second kappa shape index (κ2) is 5.72. The predicted octanol–water partition coefficient (Wildman–Crippen LogP) is 2.66. The van der Waals surface area contributed by atoms with Gasteiger partial charge in [-0.25, -0.2) is 0 Å². The van der Waals surface area contributed by atoms with Crippen LogP contribution in [0.2, 0.25) is 0 Å². The molecule has 7 heteroatoms. The maximum atomic E-state index is 12.9. The van der Waals surface area contributed by atoms with Crippen LogP contribution in [0, 0.1) is 0 Å². The number of hydrogen-bond acceptors (Lipinski definition) is 6. The van der Waals surface area contributed by atoms with Crippen molar-refractivity contribution >= 4 is 16.8 Å². The van der Waals surface area contributed by atoms with E-state index in [1.807, 2.05) is 0 Å². The number of fused-ring (bicyclic) bond motifs is 1. The number of para-hydroxylation sites is 1. The number of phenols is 2. The number of aromatic amines is 1. The Morgan fingerprint density at radius 2 is 1.72 bits per heavy atom. The van der Waals surface area contributed by atoms with E-state index in [0.29, 0.717) is 33.4 Å². The molecule has 2 heterocycles.